The average molecular weight is 337 g/mol. The molecule has 0 fully saturated rings. The fourth-order valence-corrected chi connectivity index (χ4v) is 2.74. The minimum absolute atomic E-state index is 0.253. The first kappa shape index (κ1) is 15.2. The Hall–Kier alpha value is -3.35. The fourth-order valence-electron chi connectivity index (χ4n) is 2.74. The third-order valence-corrected chi connectivity index (χ3v) is 3.92. The molecule has 0 unspecified atom stereocenters. The number of oxazole rings is 1. The zero-order valence-electron chi connectivity index (χ0n) is 13.7. The van der Waals surface area contributed by atoms with Crippen LogP contribution in [0.25, 0.3) is 22.0 Å². The molecular weight excluding hydrogens is 322 g/mol. The van der Waals surface area contributed by atoms with Crippen LogP contribution >= 0.6 is 0 Å². The number of fused-ring (bicyclic) bond motifs is 2. The Morgan fingerprint density at radius 2 is 1.80 bits per heavy atom. The molecule has 0 saturated heterocycles. The van der Waals surface area contributed by atoms with Gasteiger partial charge < -0.3 is 18.9 Å². The molecule has 0 amide bonds. The number of benzene rings is 2. The Morgan fingerprint density at radius 1 is 1.04 bits per heavy atom. The lowest BCUT2D eigenvalue weighted by molar-refractivity contribution is 0.355. The van der Waals surface area contributed by atoms with Crippen LogP contribution in [-0.4, -0.2) is 29.2 Å². The monoisotopic (exact) mass is 337 g/mol. The number of nitrogens with one attached hydrogen (secondary N) is 1. The molecule has 0 bridgehead atoms. The van der Waals surface area contributed by atoms with Crippen LogP contribution in [0.2, 0.25) is 0 Å². The van der Waals surface area contributed by atoms with E-state index in [9.17, 15) is 4.79 Å². The van der Waals surface area contributed by atoms with Crippen molar-refractivity contribution >= 4 is 22.0 Å². The Balaban J connectivity index is 1.78. The lowest BCUT2D eigenvalue weighted by Crippen LogP contribution is -2.12. The van der Waals surface area contributed by atoms with Gasteiger partial charge in [0.15, 0.2) is 17.1 Å². The van der Waals surface area contributed by atoms with Crippen molar-refractivity contribution in [2.24, 2.45) is 0 Å². The Morgan fingerprint density at radius 3 is 2.56 bits per heavy atom. The smallest absolute Gasteiger partial charge is 0.258 e. The van der Waals surface area contributed by atoms with Gasteiger partial charge in [0.05, 0.1) is 31.5 Å². The number of hydrogen-bond acceptors (Lipinski definition) is 6. The number of rotatable bonds is 4. The standard InChI is InChI=1S/C18H15N3O4/c1-23-14-7-10-12(8-15(14)24-2)19-16(21-18(10)22)9-17-20-11-5-3-4-6-13(11)25-17/h3-8H,9H2,1-2H3,(H,19,21,22). The predicted molar refractivity (Wildman–Crippen MR) is 92.3 cm³/mol. The number of aromatic nitrogens is 3. The molecule has 2 heterocycles. The first-order valence-corrected chi connectivity index (χ1v) is 7.67. The molecule has 0 spiro atoms. The molecule has 0 aliphatic heterocycles. The van der Waals surface area contributed by atoms with Crippen LogP contribution in [0.4, 0.5) is 0 Å². The van der Waals surface area contributed by atoms with Gasteiger partial charge in [0.1, 0.15) is 11.3 Å². The van der Waals surface area contributed by atoms with Crippen LogP contribution in [0.1, 0.15) is 11.7 Å². The second-order valence-corrected chi connectivity index (χ2v) is 5.49. The zero-order valence-corrected chi connectivity index (χ0v) is 13.7. The number of ether oxygens (including phenoxy) is 2. The van der Waals surface area contributed by atoms with Crippen molar-refractivity contribution in [3.63, 3.8) is 0 Å². The molecule has 7 heteroatoms. The number of H-pyrrole nitrogens is 1. The van der Waals surface area contributed by atoms with Crippen LogP contribution in [0.15, 0.2) is 45.6 Å². The topological polar surface area (TPSA) is 90.2 Å². The molecule has 0 radical (unpaired) electrons. The molecule has 4 rings (SSSR count). The van der Waals surface area contributed by atoms with Gasteiger partial charge in [-0.2, -0.15) is 0 Å². The van der Waals surface area contributed by atoms with E-state index in [4.69, 9.17) is 13.9 Å². The quantitative estimate of drug-likeness (QED) is 0.616. The second kappa shape index (κ2) is 5.94. The molecule has 25 heavy (non-hydrogen) atoms. The summed E-state index contributed by atoms with van der Waals surface area (Å²) in [5.74, 6) is 1.95. The van der Waals surface area contributed by atoms with E-state index in [1.807, 2.05) is 24.3 Å². The zero-order chi connectivity index (χ0) is 17.4. The molecule has 2 aromatic carbocycles. The van der Waals surface area contributed by atoms with Crippen molar-refractivity contribution in [1.29, 1.82) is 0 Å². The Labute approximate surface area is 142 Å². The van der Waals surface area contributed by atoms with Gasteiger partial charge in [0, 0.05) is 6.07 Å². The second-order valence-electron chi connectivity index (χ2n) is 5.49. The molecule has 0 aliphatic rings. The minimum Gasteiger partial charge on any atom is -0.493 e. The van der Waals surface area contributed by atoms with Crippen molar-refractivity contribution in [3.8, 4) is 11.5 Å². The maximum Gasteiger partial charge on any atom is 0.258 e. The van der Waals surface area contributed by atoms with Gasteiger partial charge in [-0.15, -0.1) is 0 Å². The highest BCUT2D eigenvalue weighted by Crippen LogP contribution is 2.30. The fraction of sp³-hybridized carbons (Fsp3) is 0.167. The molecule has 1 N–H and O–H groups in total. The van der Waals surface area contributed by atoms with Gasteiger partial charge in [-0.25, -0.2) is 9.97 Å². The number of aromatic amines is 1. The van der Waals surface area contributed by atoms with E-state index < -0.39 is 0 Å². The van der Waals surface area contributed by atoms with Gasteiger partial charge in [-0.3, -0.25) is 4.79 Å². The van der Waals surface area contributed by atoms with Crippen molar-refractivity contribution < 1.29 is 13.9 Å². The number of para-hydroxylation sites is 2. The molecule has 0 aliphatic carbocycles. The SMILES string of the molecule is COc1cc2nc(Cc3nc4ccccc4o3)[nH]c(=O)c2cc1OC. The summed E-state index contributed by atoms with van der Waals surface area (Å²) in [6.07, 6.45) is 0.286. The largest absolute Gasteiger partial charge is 0.493 e. The molecular formula is C18H15N3O4. The van der Waals surface area contributed by atoms with Crippen LogP contribution in [-0.2, 0) is 6.42 Å². The normalized spacial score (nSPS) is 11.1. The highest BCUT2D eigenvalue weighted by molar-refractivity contribution is 5.81. The summed E-state index contributed by atoms with van der Waals surface area (Å²) >= 11 is 0. The molecule has 7 nitrogen and oxygen atoms in total. The van der Waals surface area contributed by atoms with Crippen molar-refractivity contribution in [2.75, 3.05) is 14.2 Å². The molecule has 4 aromatic rings. The maximum atomic E-state index is 12.4. The highest BCUT2D eigenvalue weighted by Gasteiger charge is 2.13. The third-order valence-electron chi connectivity index (χ3n) is 3.92. The van der Waals surface area contributed by atoms with Gasteiger partial charge in [0.25, 0.3) is 5.56 Å². The van der Waals surface area contributed by atoms with Crippen LogP contribution < -0.4 is 15.0 Å². The summed E-state index contributed by atoms with van der Waals surface area (Å²) in [6.45, 7) is 0. The van der Waals surface area contributed by atoms with Crippen molar-refractivity contribution in [1.82, 2.24) is 15.0 Å². The Bertz CT molecular complexity index is 1100. The summed E-state index contributed by atoms with van der Waals surface area (Å²) in [5, 5.41) is 0.430. The third kappa shape index (κ3) is 2.69. The highest BCUT2D eigenvalue weighted by atomic mass is 16.5. The number of methoxy groups -OCH3 is 2. The minimum atomic E-state index is -0.253. The lowest BCUT2D eigenvalue weighted by Gasteiger charge is -2.09. The summed E-state index contributed by atoms with van der Waals surface area (Å²) in [7, 11) is 3.06. The van der Waals surface area contributed by atoms with E-state index in [1.165, 1.54) is 14.2 Å². The lowest BCUT2D eigenvalue weighted by atomic mass is 10.2. The van der Waals surface area contributed by atoms with E-state index in [0.717, 1.165) is 5.52 Å². The van der Waals surface area contributed by atoms with E-state index in [2.05, 4.69) is 15.0 Å². The van der Waals surface area contributed by atoms with Gasteiger partial charge in [0.2, 0.25) is 5.89 Å². The molecule has 0 atom stereocenters. The predicted octanol–water partition coefficient (Wildman–Crippen LogP) is 2.67. The van der Waals surface area contributed by atoms with Crippen molar-refractivity contribution in [2.45, 2.75) is 6.42 Å². The molecule has 126 valence electrons. The molecule has 0 saturated carbocycles. The summed E-state index contributed by atoms with van der Waals surface area (Å²) in [6, 6.07) is 10.8. The first-order chi connectivity index (χ1) is 12.2. The van der Waals surface area contributed by atoms with Crippen LogP contribution in [0, 0.1) is 0 Å². The van der Waals surface area contributed by atoms with E-state index in [0.29, 0.717) is 39.7 Å². The average Bonchev–Trinajstić information content (AvgIpc) is 3.02. The number of hydrogen-bond donors (Lipinski definition) is 1. The van der Waals surface area contributed by atoms with E-state index in [1.54, 1.807) is 12.1 Å². The van der Waals surface area contributed by atoms with Crippen LogP contribution in [0.5, 0.6) is 11.5 Å². The molecule has 2 aromatic heterocycles. The van der Waals surface area contributed by atoms with Gasteiger partial charge >= 0.3 is 0 Å². The van der Waals surface area contributed by atoms with E-state index in [-0.39, 0.29) is 12.0 Å². The summed E-state index contributed by atoms with van der Waals surface area (Å²) in [5.41, 5.74) is 1.74. The Kier molecular flexibility index (Phi) is 3.61. The van der Waals surface area contributed by atoms with Crippen molar-refractivity contribution in [3.05, 3.63) is 58.5 Å². The van der Waals surface area contributed by atoms with E-state index >= 15 is 0 Å². The first-order valence-electron chi connectivity index (χ1n) is 7.67. The summed E-state index contributed by atoms with van der Waals surface area (Å²) in [4.78, 5) is 24.1. The van der Waals surface area contributed by atoms with Gasteiger partial charge in [-0.1, -0.05) is 12.1 Å². The summed E-state index contributed by atoms with van der Waals surface area (Å²) < 4.78 is 16.2. The van der Waals surface area contributed by atoms with Crippen LogP contribution in [0.3, 0.4) is 0 Å². The number of nitrogens with zero attached hydrogens (tertiary/aromatic N) is 2. The van der Waals surface area contributed by atoms with Gasteiger partial charge in [-0.05, 0) is 18.2 Å². The maximum absolute atomic E-state index is 12.4.